The van der Waals surface area contributed by atoms with Crippen LogP contribution in [0.5, 0.6) is 0 Å². The molecule has 9 heteroatoms. The van der Waals surface area contributed by atoms with Gasteiger partial charge in [0.25, 0.3) is 11.8 Å². The van der Waals surface area contributed by atoms with E-state index >= 15 is 0 Å². The van der Waals surface area contributed by atoms with Crippen LogP contribution in [0.1, 0.15) is 22.8 Å². The summed E-state index contributed by atoms with van der Waals surface area (Å²) in [5, 5.41) is 8.68. The molecule has 0 atom stereocenters. The molecule has 0 radical (unpaired) electrons. The number of anilines is 4. The van der Waals surface area contributed by atoms with Crippen molar-refractivity contribution in [1.29, 1.82) is 0 Å². The van der Waals surface area contributed by atoms with Crippen molar-refractivity contribution in [3.05, 3.63) is 83.6 Å². The highest BCUT2D eigenvalue weighted by Crippen LogP contribution is 2.35. The number of hydrogen-bond acceptors (Lipinski definition) is 6. The van der Waals surface area contributed by atoms with E-state index in [1.54, 1.807) is 61.5 Å². The van der Waals surface area contributed by atoms with Gasteiger partial charge < -0.3 is 21.7 Å². The summed E-state index contributed by atoms with van der Waals surface area (Å²) in [6, 6.07) is 18.3. The van der Waals surface area contributed by atoms with Gasteiger partial charge in [-0.1, -0.05) is 12.1 Å². The van der Waals surface area contributed by atoms with Crippen molar-refractivity contribution < 1.29 is 18.0 Å². The lowest BCUT2D eigenvalue weighted by molar-refractivity contribution is -0.110. The van der Waals surface area contributed by atoms with Crippen LogP contribution in [0.25, 0.3) is 5.57 Å². The van der Waals surface area contributed by atoms with E-state index in [4.69, 9.17) is 5.73 Å². The summed E-state index contributed by atoms with van der Waals surface area (Å²) >= 11 is 0. The zero-order valence-corrected chi connectivity index (χ0v) is 18.8. The molecule has 0 unspecified atom stereocenters. The molecule has 4 rings (SSSR count). The van der Waals surface area contributed by atoms with Gasteiger partial charge in [0, 0.05) is 34.5 Å². The number of fused-ring (bicyclic) bond motifs is 1. The molecule has 8 nitrogen and oxygen atoms in total. The highest BCUT2D eigenvalue weighted by molar-refractivity contribution is 7.90. The molecule has 168 valence electrons. The average molecular weight is 463 g/mol. The monoisotopic (exact) mass is 462 g/mol. The summed E-state index contributed by atoms with van der Waals surface area (Å²) < 4.78 is 23.9. The number of nitrogen functional groups attached to an aromatic ring is 1. The summed E-state index contributed by atoms with van der Waals surface area (Å²) in [5.41, 5.74) is 9.95. The zero-order valence-electron chi connectivity index (χ0n) is 18.0. The second kappa shape index (κ2) is 8.44. The Morgan fingerprint density at radius 3 is 2.33 bits per heavy atom. The van der Waals surface area contributed by atoms with Gasteiger partial charge in [-0.15, -0.1) is 0 Å². The number of nitrogens with one attached hydrogen (secondary N) is 3. The lowest BCUT2D eigenvalue weighted by Crippen LogP contribution is -2.13. The molecule has 0 saturated heterocycles. The minimum atomic E-state index is -3.42. The van der Waals surface area contributed by atoms with E-state index in [1.165, 1.54) is 12.1 Å². The second-order valence-corrected chi connectivity index (χ2v) is 9.69. The maximum absolute atomic E-state index is 12.5. The number of rotatable bonds is 5. The second-order valence-electron chi connectivity index (χ2n) is 7.68. The number of amides is 2. The van der Waals surface area contributed by atoms with E-state index in [0.29, 0.717) is 45.1 Å². The van der Waals surface area contributed by atoms with Gasteiger partial charge >= 0.3 is 0 Å². The van der Waals surface area contributed by atoms with Crippen LogP contribution in [0.4, 0.5) is 22.7 Å². The van der Waals surface area contributed by atoms with Crippen LogP contribution >= 0.6 is 0 Å². The van der Waals surface area contributed by atoms with Crippen molar-refractivity contribution in [2.75, 3.05) is 27.9 Å². The Hall–Kier alpha value is -4.11. The highest BCUT2D eigenvalue weighted by Gasteiger charge is 2.27. The molecular weight excluding hydrogens is 440 g/mol. The Bertz CT molecular complexity index is 1410. The maximum atomic E-state index is 12.5. The standard InChI is InChI=1S/C24H22N4O4S/c1-14(22-18-13-17(33(2,31)32)11-12-20(18)27-24(22)30)26-16-9-7-15(8-10-16)23(29)28-21-6-4-3-5-19(21)25/h3-13,26H,25H2,1-2H3,(H,27,30)(H,28,29). The fourth-order valence-electron chi connectivity index (χ4n) is 3.54. The van der Waals surface area contributed by atoms with Crippen LogP contribution in [0, 0.1) is 0 Å². The molecule has 3 aromatic rings. The number of carbonyl (C=O) groups is 2. The van der Waals surface area contributed by atoms with E-state index in [9.17, 15) is 18.0 Å². The smallest absolute Gasteiger partial charge is 0.258 e. The Kier molecular flexibility index (Phi) is 5.65. The van der Waals surface area contributed by atoms with Crippen molar-refractivity contribution in [3.63, 3.8) is 0 Å². The number of allylic oxidation sites excluding steroid dienone is 1. The Balaban J connectivity index is 1.56. The van der Waals surface area contributed by atoms with Crippen LogP contribution in [-0.4, -0.2) is 26.5 Å². The predicted molar refractivity (Wildman–Crippen MR) is 130 cm³/mol. The largest absolute Gasteiger partial charge is 0.397 e. The first-order valence-corrected chi connectivity index (χ1v) is 11.9. The maximum Gasteiger partial charge on any atom is 0.258 e. The molecule has 33 heavy (non-hydrogen) atoms. The summed E-state index contributed by atoms with van der Waals surface area (Å²) in [5.74, 6) is -0.621. The molecule has 0 bridgehead atoms. The number of benzene rings is 3. The van der Waals surface area contributed by atoms with Crippen LogP contribution in [0.15, 0.2) is 77.3 Å². The number of carbonyl (C=O) groups excluding carboxylic acids is 2. The van der Waals surface area contributed by atoms with Gasteiger partial charge in [0.05, 0.1) is 21.8 Å². The number of hydrogen-bond donors (Lipinski definition) is 4. The fourth-order valence-corrected chi connectivity index (χ4v) is 4.19. The average Bonchev–Trinajstić information content (AvgIpc) is 3.10. The van der Waals surface area contributed by atoms with Gasteiger partial charge in [0.1, 0.15) is 0 Å². The SMILES string of the molecule is CC(Nc1ccc(C(=O)Nc2ccccc2N)cc1)=C1C(=O)Nc2ccc(S(C)(=O)=O)cc21. The highest BCUT2D eigenvalue weighted by atomic mass is 32.2. The van der Waals surface area contributed by atoms with Gasteiger partial charge in [-0.05, 0) is 61.5 Å². The van der Waals surface area contributed by atoms with Gasteiger partial charge in [-0.2, -0.15) is 0 Å². The van der Waals surface area contributed by atoms with Crippen LogP contribution in [-0.2, 0) is 14.6 Å². The Morgan fingerprint density at radius 2 is 1.67 bits per heavy atom. The molecule has 3 aromatic carbocycles. The summed E-state index contributed by atoms with van der Waals surface area (Å²) in [6.45, 7) is 1.73. The molecule has 1 heterocycles. The van der Waals surface area contributed by atoms with Gasteiger partial charge in [-0.25, -0.2) is 8.42 Å². The Labute approximate surface area is 191 Å². The van der Waals surface area contributed by atoms with E-state index in [-0.39, 0.29) is 16.7 Å². The van der Waals surface area contributed by atoms with Gasteiger partial charge in [-0.3, -0.25) is 9.59 Å². The predicted octanol–water partition coefficient (Wildman–Crippen LogP) is 3.72. The first kappa shape index (κ1) is 22.1. The van der Waals surface area contributed by atoms with Crippen molar-refractivity contribution in [3.8, 4) is 0 Å². The van der Waals surface area contributed by atoms with Crippen molar-refractivity contribution in [1.82, 2.24) is 0 Å². The third kappa shape index (κ3) is 4.58. The fraction of sp³-hybridized carbons (Fsp3) is 0.0833. The third-order valence-corrected chi connectivity index (χ3v) is 6.34. The van der Waals surface area contributed by atoms with Crippen molar-refractivity contribution in [2.45, 2.75) is 11.8 Å². The van der Waals surface area contributed by atoms with Gasteiger partial charge in [0.15, 0.2) is 9.84 Å². The van der Waals surface area contributed by atoms with E-state index < -0.39 is 9.84 Å². The summed E-state index contributed by atoms with van der Waals surface area (Å²) in [7, 11) is -3.42. The lowest BCUT2D eigenvalue weighted by atomic mass is 10.1. The van der Waals surface area contributed by atoms with E-state index in [1.807, 2.05) is 0 Å². The molecule has 1 aliphatic rings. The lowest BCUT2D eigenvalue weighted by Gasteiger charge is -2.11. The third-order valence-electron chi connectivity index (χ3n) is 5.23. The van der Waals surface area contributed by atoms with Gasteiger partial charge in [0.2, 0.25) is 0 Å². The first-order valence-electron chi connectivity index (χ1n) is 10.0. The normalized spacial score (nSPS) is 14.3. The molecule has 0 aliphatic carbocycles. The molecule has 0 spiro atoms. The topological polar surface area (TPSA) is 130 Å². The van der Waals surface area contributed by atoms with Crippen LogP contribution in [0.2, 0.25) is 0 Å². The molecule has 0 saturated carbocycles. The Morgan fingerprint density at radius 1 is 0.970 bits per heavy atom. The summed E-state index contributed by atoms with van der Waals surface area (Å²) in [4.78, 5) is 25.2. The quantitative estimate of drug-likeness (QED) is 0.338. The molecule has 1 aliphatic heterocycles. The molecular formula is C24H22N4O4S. The number of sulfone groups is 1. The van der Waals surface area contributed by atoms with Crippen molar-refractivity contribution in [2.24, 2.45) is 0 Å². The zero-order chi connectivity index (χ0) is 23.8. The number of para-hydroxylation sites is 2. The summed E-state index contributed by atoms with van der Waals surface area (Å²) in [6.07, 6.45) is 1.12. The van der Waals surface area contributed by atoms with E-state index in [0.717, 1.165) is 6.26 Å². The number of nitrogens with two attached hydrogens (primary N) is 1. The molecule has 0 fully saturated rings. The van der Waals surface area contributed by atoms with E-state index in [2.05, 4.69) is 16.0 Å². The minimum absolute atomic E-state index is 0.137. The molecule has 2 amide bonds. The van der Waals surface area contributed by atoms with Crippen LogP contribution in [0.3, 0.4) is 0 Å². The molecule has 0 aromatic heterocycles. The van der Waals surface area contributed by atoms with Crippen molar-refractivity contribution >= 4 is 50.0 Å². The molecule has 5 N–H and O–H groups in total. The minimum Gasteiger partial charge on any atom is -0.397 e. The van der Waals surface area contributed by atoms with Crippen LogP contribution < -0.4 is 21.7 Å². The first-order chi connectivity index (χ1) is 15.6.